The summed E-state index contributed by atoms with van der Waals surface area (Å²) in [6, 6.07) is 0. The summed E-state index contributed by atoms with van der Waals surface area (Å²) in [6.07, 6.45) is 39.3. The third-order valence-electron chi connectivity index (χ3n) is 8.75. The van der Waals surface area contributed by atoms with Gasteiger partial charge in [0.25, 0.3) is 0 Å². The molecule has 0 amide bonds. The first-order valence-corrected chi connectivity index (χ1v) is 19.7. The molecule has 0 aliphatic carbocycles. The van der Waals surface area contributed by atoms with E-state index in [9.17, 15) is 19.2 Å². The maximum atomic E-state index is 11.9. The Hall–Kier alpha value is -0.448. The van der Waals surface area contributed by atoms with Crippen LogP contribution in [0.5, 0.6) is 0 Å². The molecule has 0 heterocycles. The maximum Gasteiger partial charge on any atom is 2.00 e. The van der Waals surface area contributed by atoms with E-state index < -0.39 is 23.9 Å². The fraction of sp³-hybridized carbons (Fsp3) is 0.850. The van der Waals surface area contributed by atoms with E-state index in [0.717, 1.165) is 37.8 Å². The Morgan fingerprint density at radius 3 is 0.750 bits per heavy atom. The van der Waals surface area contributed by atoms with E-state index >= 15 is 0 Å². The van der Waals surface area contributed by atoms with Gasteiger partial charge in [-0.05, 0) is 12.8 Å². The van der Waals surface area contributed by atoms with Crippen molar-refractivity contribution in [3.63, 3.8) is 0 Å². The zero-order valence-electron chi connectivity index (χ0n) is 35.6. The first kappa shape index (κ1) is 51.9. The molecule has 6 nitrogen and oxygen atoms in total. The van der Waals surface area contributed by atoms with Crippen LogP contribution < -0.4 is 0 Å². The van der Waals surface area contributed by atoms with Gasteiger partial charge in [0.15, 0.2) is 0 Å². The van der Waals surface area contributed by atoms with Crippen molar-refractivity contribution in [2.24, 2.45) is 0 Å². The molecule has 276 valence electrons. The molecular weight excluding hydrogens is 625 g/mol. The van der Waals surface area contributed by atoms with Gasteiger partial charge in [0.2, 0.25) is 0 Å². The SMILES string of the molecule is CCCCCCCCCCCCCCCCCC(=O)OC(=O)/C=C/C(=O)OC(=O)CCCCCCCCCCCCCCCCC.[H-].[H-].[H-].[H-].[Mg+2].[Mg+2]. The quantitative estimate of drug-likeness (QED) is 0.0218. The number of hydrogen-bond acceptors (Lipinski definition) is 6. The molecule has 0 aromatic carbocycles. The molecule has 0 aromatic heterocycles. The summed E-state index contributed by atoms with van der Waals surface area (Å²) in [5, 5.41) is 0. The zero-order valence-corrected chi connectivity index (χ0v) is 34.5. The number of carbonyl (C=O) groups is 4. The smallest absolute Gasteiger partial charge is 1.00 e. The van der Waals surface area contributed by atoms with Crippen molar-refractivity contribution in [2.75, 3.05) is 0 Å². The van der Waals surface area contributed by atoms with E-state index in [1.54, 1.807) is 0 Å². The first-order valence-electron chi connectivity index (χ1n) is 19.7. The number of carbonyl (C=O) groups excluding carboxylic acids is 4. The van der Waals surface area contributed by atoms with Gasteiger partial charge in [-0.1, -0.05) is 194 Å². The molecule has 0 rings (SSSR count). The second-order valence-electron chi connectivity index (χ2n) is 13.3. The largest absolute Gasteiger partial charge is 2.00 e. The summed E-state index contributed by atoms with van der Waals surface area (Å²) < 4.78 is 9.46. The molecular formula is C40H76Mg2O6. The summed E-state index contributed by atoms with van der Waals surface area (Å²) >= 11 is 0. The zero-order chi connectivity index (χ0) is 33.8. The fourth-order valence-electron chi connectivity index (χ4n) is 5.81. The third kappa shape index (κ3) is 41.7. The molecule has 0 N–H and O–H groups in total. The van der Waals surface area contributed by atoms with Crippen LogP contribution in [-0.2, 0) is 28.7 Å². The van der Waals surface area contributed by atoms with E-state index in [1.807, 2.05) is 0 Å². The van der Waals surface area contributed by atoms with Gasteiger partial charge in [-0.15, -0.1) is 0 Å². The normalized spacial score (nSPS) is 10.8. The van der Waals surface area contributed by atoms with Crippen LogP contribution in [0.2, 0.25) is 0 Å². The molecule has 0 aliphatic rings. The summed E-state index contributed by atoms with van der Waals surface area (Å²) in [5.41, 5.74) is 0. The van der Waals surface area contributed by atoms with E-state index in [0.29, 0.717) is 12.8 Å². The van der Waals surface area contributed by atoms with Crippen molar-refractivity contribution in [1.29, 1.82) is 0 Å². The molecule has 0 spiro atoms. The minimum absolute atomic E-state index is 0. The topological polar surface area (TPSA) is 86.7 Å². The summed E-state index contributed by atoms with van der Waals surface area (Å²) in [4.78, 5) is 47.4. The number of ether oxygens (including phenoxy) is 2. The van der Waals surface area contributed by atoms with E-state index in [4.69, 9.17) is 9.47 Å². The monoisotopic (exact) mass is 701 g/mol. The third-order valence-corrected chi connectivity index (χ3v) is 8.75. The van der Waals surface area contributed by atoms with Crippen molar-refractivity contribution < 1.29 is 34.4 Å². The Kier molecular flexibility index (Phi) is 46.2. The van der Waals surface area contributed by atoms with Crippen molar-refractivity contribution >= 4 is 70.0 Å². The van der Waals surface area contributed by atoms with Crippen LogP contribution in [0.15, 0.2) is 12.2 Å². The number of rotatable bonds is 34. The van der Waals surface area contributed by atoms with Crippen molar-refractivity contribution in [1.82, 2.24) is 0 Å². The number of esters is 4. The summed E-state index contributed by atoms with van der Waals surface area (Å²) in [7, 11) is 0. The van der Waals surface area contributed by atoms with Crippen LogP contribution in [0.3, 0.4) is 0 Å². The Morgan fingerprint density at radius 2 is 0.542 bits per heavy atom. The van der Waals surface area contributed by atoms with Crippen LogP contribution in [0.25, 0.3) is 0 Å². The molecule has 0 fully saturated rings. The van der Waals surface area contributed by atoms with Gasteiger partial charge in [0, 0.05) is 25.0 Å². The number of hydrogen-bond donors (Lipinski definition) is 0. The van der Waals surface area contributed by atoms with Crippen LogP contribution >= 0.6 is 0 Å². The Labute approximate surface area is 334 Å². The van der Waals surface area contributed by atoms with Crippen molar-refractivity contribution in [3.8, 4) is 0 Å². The van der Waals surface area contributed by atoms with E-state index in [1.165, 1.54) is 154 Å². The Morgan fingerprint density at radius 1 is 0.354 bits per heavy atom. The van der Waals surface area contributed by atoms with Crippen molar-refractivity contribution in [3.05, 3.63) is 12.2 Å². The molecule has 0 atom stereocenters. The molecule has 0 aromatic rings. The molecule has 0 radical (unpaired) electrons. The van der Waals surface area contributed by atoms with Crippen LogP contribution in [0.1, 0.15) is 225 Å². The standard InChI is InChI=1S/C40H72O6.2Mg.4H/c1-3-5-7-9-11-13-15-17-19-21-23-25-27-29-31-33-37(41)45-39(43)35-36-40(44)46-38(42)34-32-30-28-26-24-22-20-18-16-14-12-10-8-6-4-2;;;;;;/h35-36H,3-34H2,1-2H3;;;;;;/q;2*+2;4*-1/b36-35+;;;;;;. The molecule has 0 unspecified atom stereocenters. The molecule has 0 saturated carbocycles. The fourth-order valence-corrected chi connectivity index (χ4v) is 5.81. The molecule has 48 heavy (non-hydrogen) atoms. The van der Waals surface area contributed by atoms with Gasteiger partial charge in [0.05, 0.1) is 0 Å². The van der Waals surface area contributed by atoms with Crippen molar-refractivity contribution in [2.45, 2.75) is 219 Å². The van der Waals surface area contributed by atoms with Crippen LogP contribution in [0.4, 0.5) is 0 Å². The van der Waals surface area contributed by atoms with E-state index in [2.05, 4.69) is 13.8 Å². The van der Waals surface area contributed by atoms with Gasteiger partial charge in [-0.3, -0.25) is 9.59 Å². The average Bonchev–Trinajstić information content (AvgIpc) is 3.03. The van der Waals surface area contributed by atoms with Gasteiger partial charge < -0.3 is 15.2 Å². The van der Waals surface area contributed by atoms with Gasteiger partial charge in [-0.2, -0.15) is 0 Å². The van der Waals surface area contributed by atoms with Gasteiger partial charge >= 0.3 is 70.0 Å². The Balaban J connectivity index is -0.000000675. The molecule has 0 aliphatic heterocycles. The van der Waals surface area contributed by atoms with Gasteiger partial charge in [-0.25, -0.2) is 9.59 Å². The summed E-state index contributed by atoms with van der Waals surface area (Å²) in [5.74, 6) is -3.03. The minimum Gasteiger partial charge on any atom is -1.00 e. The summed E-state index contributed by atoms with van der Waals surface area (Å²) in [6.45, 7) is 4.51. The predicted molar refractivity (Wildman–Crippen MR) is 206 cm³/mol. The average molecular weight is 702 g/mol. The van der Waals surface area contributed by atoms with E-state index in [-0.39, 0.29) is 64.7 Å². The second kappa shape index (κ2) is 42.7. The predicted octanol–water partition coefficient (Wildman–Crippen LogP) is 11.9. The van der Waals surface area contributed by atoms with Crippen LogP contribution in [0, 0.1) is 0 Å². The number of unbranched alkanes of at least 4 members (excludes halogenated alkanes) is 28. The molecule has 0 saturated heterocycles. The molecule has 0 bridgehead atoms. The second-order valence-corrected chi connectivity index (χ2v) is 13.3. The van der Waals surface area contributed by atoms with Crippen LogP contribution in [-0.4, -0.2) is 70.0 Å². The minimum atomic E-state index is -0.919. The maximum absolute atomic E-state index is 11.9. The van der Waals surface area contributed by atoms with Gasteiger partial charge in [0.1, 0.15) is 0 Å². The Bertz CT molecular complexity index is 729. The first-order chi connectivity index (χ1) is 22.5. The molecule has 8 heteroatoms.